The second-order valence-electron chi connectivity index (χ2n) is 6.25. The van der Waals surface area contributed by atoms with Gasteiger partial charge in [-0.2, -0.15) is 0 Å². The van der Waals surface area contributed by atoms with Crippen LogP contribution >= 0.6 is 0 Å². The quantitative estimate of drug-likeness (QED) is 0.676. The first-order chi connectivity index (χ1) is 8.26. The summed E-state index contributed by atoms with van der Waals surface area (Å²) in [4.78, 5) is 27.0. The van der Waals surface area contributed by atoms with Gasteiger partial charge >= 0.3 is 6.03 Å². The Balaban J connectivity index is 1.80. The summed E-state index contributed by atoms with van der Waals surface area (Å²) in [5.74, 6) is 0.114. The van der Waals surface area contributed by atoms with Crippen molar-refractivity contribution in [1.82, 2.24) is 15.1 Å². The summed E-state index contributed by atoms with van der Waals surface area (Å²) in [6, 6.07) is 0.0430. The predicted molar refractivity (Wildman–Crippen MR) is 68.0 cm³/mol. The zero-order valence-corrected chi connectivity index (χ0v) is 11.3. The molecule has 2 rings (SSSR count). The van der Waals surface area contributed by atoms with E-state index in [0.29, 0.717) is 26.1 Å². The normalized spacial score (nSPS) is 25.3. The summed E-state index contributed by atoms with van der Waals surface area (Å²) in [5.41, 5.74) is 5.53. The molecule has 0 aromatic heterocycles. The fourth-order valence-corrected chi connectivity index (χ4v) is 2.33. The molecule has 2 fully saturated rings. The summed E-state index contributed by atoms with van der Waals surface area (Å²) in [5, 5.41) is 2.91. The molecule has 0 spiro atoms. The number of nitrogens with one attached hydrogen (secondary N) is 1. The third-order valence-corrected chi connectivity index (χ3v) is 3.26. The minimum atomic E-state index is -0.228. The molecular formula is C12H22N4O2. The molecule has 1 unspecified atom stereocenters. The second kappa shape index (κ2) is 4.42. The number of rotatable bonds is 1. The standard InChI is InChI=1S/C12H22N4O2/c1-12(2,3)14-11(18)15-6-9(7-15)16-5-8(13)4-10(16)17/h8-9H,4-7,13H2,1-3H3,(H,14,18). The van der Waals surface area contributed by atoms with Gasteiger partial charge in [0.25, 0.3) is 0 Å². The number of likely N-dealkylation sites (tertiary alicyclic amines) is 2. The van der Waals surface area contributed by atoms with Crippen LogP contribution in [0.25, 0.3) is 0 Å². The lowest BCUT2D eigenvalue weighted by atomic mass is 10.1. The smallest absolute Gasteiger partial charge is 0.317 e. The summed E-state index contributed by atoms with van der Waals surface area (Å²) < 4.78 is 0. The van der Waals surface area contributed by atoms with Crippen LogP contribution in [-0.2, 0) is 4.79 Å². The number of nitrogens with zero attached hydrogens (tertiary/aromatic N) is 2. The van der Waals surface area contributed by atoms with Crippen molar-refractivity contribution in [2.75, 3.05) is 19.6 Å². The minimum absolute atomic E-state index is 0.0463. The van der Waals surface area contributed by atoms with Crippen molar-refractivity contribution in [1.29, 1.82) is 0 Å². The van der Waals surface area contributed by atoms with E-state index < -0.39 is 0 Å². The molecule has 0 bridgehead atoms. The average molecular weight is 254 g/mol. The summed E-state index contributed by atoms with van der Waals surface area (Å²) in [6.07, 6.45) is 0.435. The van der Waals surface area contributed by atoms with Crippen molar-refractivity contribution in [3.8, 4) is 0 Å². The Morgan fingerprint density at radius 3 is 2.39 bits per heavy atom. The molecule has 18 heavy (non-hydrogen) atoms. The maximum atomic E-state index is 11.8. The maximum Gasteiger partial charge on any atom is 0.317 e. The highest BCUT2D eigenvalue weighted by molar-refractivity contribution is 5.81. The lowest BCUT2D eigenvalue weighted by Crippen LogP contribution is -2.64. The molecule has 0 aromatic carbocycles. The van der Waals surface area contributed by atoms with Crippen LogP contribution in [0.2, 0.25) is 0 Å². The lowest BCUT2D eigenvalue weighted by Gasteiger charge is -2.44. The van der Waals surface area contributed by atoms with Gasteiger partial charge in [0.2, 0.25) is 5.91 Å². The Hall–Kier alpha value is -1.30. The SMILES string of the molecule is CC(C)(C)NC(=O)N1CC(N2CC(N)CC2=O)C1. The van der Waals surface area contributed by atoms with Gasteiger partial charge in [0.05, 0.1) is 6.04 Å². The van der Waals surface area contributed by atoms with Gasteiger partial charge in [-0.3, -0.25) is 4.79 Å². The molecule has 3 amide bonds. The summed E-state index contributed by atoms with van der Waals surface area (Å²) >= 11 is 0. The van der Waals surface area contributed by atoms with Crippen molar-refractivity contribution in [2.24, 2.45) is 5.73 Å². The van der Waals surface area contributed by atoms with E-state index in [2.05, 4.69) is 5.32 Å². The van der Waals surface area contributed by atoms with Gasteiger partial charge in [0.15, 0.2) is 0 Å². The Labute approximate surface area is 107 Å². The fraction of sp³-hybridized carbons (Fsp3) is 0.833. The molecule has 0 radical (unpaired) electrons. The average Bonchev–Trinajstić information content (AvgIpc) is 2.39. The fourth-order valence-electron chi connectivity index (χ4n) is 2.33. The first-order valence-corrected chi connectivity index (χ1v) is 6.38. The van der Waals surface area contributed by atoms with E-state index in [1.165, 1.54) is 0 Å². The Morgan fingerprint density at radius 1 is 1.33 bits per heavy atom. The molecule has 2 saturated heterocycles. The minimum Gasteiger partial charge on any atom is -0.335 e. The van der Waals surface area contributed by atoms with E-state index in [1.54, 1.807) is 4.90 Å². The van der Waals surface area contributed by atoms with Crippen LogP contribution in [0, 0.1) is 0 Å². The van der Waals surface area contributed by atoms with Gasteiger partial charge in [0.1, 0.15) is 0 Å². The van der Waals surface area contributed by atoms with Gasteiger partial charge in [-0.05, 0) is 20.8 Å². The van der Waals surface area contributed by atoms with Crippen molar-refractivity contribution in [2.45, 2.75) is 44.8 Å². The molecule has 2 heterocycles. The number of urea groups is 1. The molecule has 0 aliphatic carbocycles. The highest BCUT2D eigenvalue weighted by atomic mass is 16.2. The van der Waals surface area contributed by atoms with Crippen LogP contribution in [-0.4, -0.2) is 59.0 Å². The first-order valence-electron chi connectivity index (χ1n) is 6.38. The number of hydrogen-bond donors (Lipinski definition) is 2. The molecule has 3 N–H and O–H groups in total. The molecule has 0 aromatic rings. The molecular weight excluding hydrogens is 232 g/mol. The first kappa shape index (κ1) is 13.1. The number of carbonyl (C=O) groups excluding carboxylic acids is 2. The topological polar surface area (TPSA) is 78.7 Å². The van der Waals surface area contributed by atoms with E-state index >= 15 is 0 Å². The number of hydrogen-bond acceptors (Lipinski definition) is 3. The van der Waals surface area contributed by atoms with E-state index in [4.69, 9.17) is 5.73 Å². The number of carbonyl (C=O) groups is 2. The van der Waals surface area contributed by atoms with Crippen LogP contribution < -0.4 is 11.1 Å². The monoisotopic (exact) mass is 254 g/mol. The van der Waals surface area contributed by atoms with Crippen molar-refractivity contribution in [3.63, 3.8) is 0 Å². The Bertz CT molecular complexity index is 358. The zero-order valence-electron chi connectivity index (χ0n) is 11.3. The van der Waals surface area contributed by atoms with Crippen molar-refractivity contribution < 1.29 is 9.59 Å². The van der Waals surface area contributed by atoms with Gasteiger partial charge in [-0.25, -0.2) is 4.79 Å². The molecule has 102 valence electrons. The molecule has 0 saturated carbocycles. The van der Waals surface area contributed by atoms with E-state index in [9.17, 15) is 9.59 Å². The molecule has 6 nitrogen and oxygen atoms in total. The van der Waals surface area contributed by atoms with Gasteiger partial charge in [-0.15, -0.1) is 0 Å². The van der Waals surface area contributed by atoms with E-state index in [-0.39, 0.29) is 29.6 Å². The largest absolute Gasteiger partial charge is 0.335 e. The molecule has 2 aliphatic rings. The van der Waals surface area contributed by atoms with Crippen LogP contribution in [0.4, 0.5) is 4.79 Å². The van der Waals surface area contributed by atoms with Crippen LogP contribution in [0.5, 0.6) is 0 Å². The summed E-state index contributed by atoms with van der Waals surface area (Å²) in [7, 11) is 0. The Morgan fingerprint density at radius 2 is 1.94 bits per heavy atom. The van der Waals surface area contributed by atoms with Crippen molar-refractivity contribution >= 4 is 11.9 Å². The second-order valence-corrected chi connectivity index (χ2v) is 6.25. The van der Waals surface area contributed by atoms with E-state index in [1.807, 2.05) is 25.7 Å². The third-order valence-electron chi connectivity index (χ3n) is 3.26. The molecule has 2 aliphatic heterocycles. The maximum absolute atomic E-state index is 11.8. The van der Waals surface area contributed by atoms with Gasteiger partial charge < -0.3 is 20.9 Å². The molecule has 1 atom stereocenters. The lowest BCUT2D eigenvalue weighted by molar-refractivity contribution is -0.132. The van der Waals surface area contributed by atoms with Gasteiger partial charge in [-0.1, -0.05) is 0 Å². The van der Waals surface area contributed by atoms with Crippen LogP contribution in [0.15, 0.2) is 0 Å². The van der Waals surface area contributed by atoms with Gasteiger partial charge in [0, 0.05) is 37.6 Å². The predicted octanol–water partition coefficient (Wildman–Crippen LogP) is -0.262. The number of amides is 3. The van der Waals surface area contributed by atoms with Crippen molar-refractivity contribution in [3.05, 3.63) is 0 Å². The molecule has 6 heteroatoms. The van der Waals surface area contributed by atoms with E-state index in [0.717, 1.165) is 0 Å². The van der Waals surface area contributed by atoms with Crippen LogP contribution in [0.1, 0.15) is 27.2 Å². The Kier molecular flexibility index (Phi) is 3.23. The summed E-state index contributed by atoms with van der Waals surface area (Å²) in [6.45, 7) is 7.69. The highest BCUT2D eigenvalue weighted by Crippen LogP contribution is 2.21. The third kappa shape index (κ3) is 2.75. The van der Waals surface area contributed by atoms with Crippen LogP contribution in [0.3, 0.4) is 0 Å². The highest BCUT2D eigenvalue weighted by Gasteiger charge is 2.41. The zero-order chi connectivity index (χ0) is 13.5. The number of nitrogens with two attached hydrogens (primary N) is 1.